The molecule has 2 aromatic heterocycles. The van der Waals surface area contributed by atoms with Gasteiger partial charge in [0.15, 0.2) is 0 Å². The number of aromatic nitrogens is 3. The highest BCUT2D eigenvalue weighted by Crippen LogP contribution is 2.12. The molecule has 0 aromatic carbocycles. The molecule has 1 aliphatic rings. The van der Waals surface area contributed by atoms with E-state index < -0.39 is 23.3 Å². The van der Waals surface area contributed by atoms with Gasteiger partial charge in [-0.2, -0.15) is 0 Å². The predicted octanol–water partition coefficient (Wildman–Crippen LogP) is -1.04. The lowest BCUT2D eigenvalue weighted by atomic mass is 10.1. The minimum Gasteiger partial charge on any atom is -0.480 e. The third kappa shape index (κ3) is 3.11. The average Bonchev–Trinajstić information content (AvgIpc) is 2.61. The molecule has 0 amide bonds. The first-order valence-corrected chi connectivity index (χ1v) is 7.75. The second kappa shape index (κ2) is 6.61. The second-order valence-electron chi connectivity index (χ2n) is 5.88. The summed E-state index contributed by atoms with van der Waals surface area (Å²) in [7, 11) is 1.59. The number of fused-ring (bicyclic) bond motifs is 1. The van der Waals surface area contributed by atoms with Crippen LogP contribution < -0.4 is 17.0 Å². The average molecular weight is 346 g/mol. The van der Waals surface area contributed by atoms with Gasteiger partial charge in [-0.25, -0.2) is 14.3 Å². The Morgan fingerprint density at radius 3 is 2.84 bits per heavy atom. The Labute approximate surface area is 142 Å². The van der Waals surface area contributed by atoms with Crippen molar-refractivity contribution in [3.05, 3.63) is 56.0 Å². The van der Waals surface area contributed by atoms with Crippen LogP contribution in [0.5, 0.6) is 0 Å². The van der Waals surface area contributed by atoms with Crippen molar-refractivity contribution in [2.45, 2.75) is 25.5 Å². The first-order chi connectivity index (χ1) is 11.9. The number of carboxylic acids is 1. The van der Waals surface area contributed by atoms with Gasteiger partial charge >= 0.3 is 11.7 Å². The molecule has 1 atom stereocenters. The van der Waals surface area contributed by atoms with E-state index in [4.69, 9.17) is 15.6 Å². The fraction of sp³-hybridized carbons (Fsp3) is 0.375. The molecule has 0 fully saturated rings. The standard InChI is InChI=1S/C16H18N4O5/c1-19-12-8-25-5-4-10(12)14(21)20(16(19)24)13-3-2-9(7-18-13)6-11(17)15(22)23/h2-3,7,11H,4-6,8,17H2,1H3,(H,22,23)/t11-/m0/s1. The Hall–Kier alpha value is -2.78. The quantitative estimate of drug-likeness (QED) is 0.723. The number of ether oxygens (including phenoxy) is 1. The summed E-state index contributed by atoms with van der Waals surface area (Å²) >= 11 is 0. The van der Waals surface area contributed by atoms with E-state index in [1.165, 1.54) is 16.8 Å². The fourth-order valence-corrected chi connectivity index (χ4v) is 2.80. The molecule has 1 aliphatic heterocycles. The molecule has 0 saturated heterocycles. The van der Waals surface area contributed by atoms with Crippen LogP contribution in [0.15, 0.2) is 27.9 Å². The van der Waals surface area contributed by atoms with E-state index in [1.54, 1.807) is 13.1 Å². The van der Waals surface area contributed by atoms with Gasteiger partial charge in [-0.05, 0) is 18.1 Å². The number of nitrogens with two attached hydrogens (primary N) is 1. The molecule has 25 heavy (non-hydrogen) atoms. The lowest BCUT2D eigenvalue weighted by Crippen LogP contribution is -2.43. The predicted molar refractivity (Wildman–Crippen MR) is 87.8 cm³/mol. The Morgan fingerprint density at radius 2 is 2.20 bits per heavy atom. The first kappa shape index (κ1) is 17.1. The van der Waals surface area contributed by atoms with Crippen LogP contribution in [0, 0.1) is 0 Å². The molecule has 0 aliphatic carbocycles. The maximum absolute atomic E-state index is 12.7. The number of carbonyl (C=O) groups is 1. The lowest BCUT2D eigenvalue weighted by Gasteiger charge is -2.20. The summed E-state index contributed by atoms with van der Waals surface area (Å²) in [5, 5.41) is 8.85. The summed E-state index contributed by atoms with van der Waals surface area (Å²) in [6.07, 6.45) is 1.97. The van der Waals surface area contributed by atoms with Crippen molar-refractivity contribution < 1.29 is 14.6 Å². The minimum absolute atomic E-state index is 0.108. The van der Waals surface area contributed by atoms with Gasteiger partial charge in [-0.3, -0.25) is 14.2 Å². The highest BCUT2D eigenvalue weighted by molar-refractivity contribution is 5.73. The van der Waals surface area contributed by atoms with Crippen LogP contribution in [0.3, 0.4) is 0 Å². The summed E-state index contributed by atoms with van der Waals surface area (Å²) in [6, 6.07) is 2.09. The minimum atomic E-state index is -1.11. The largest absolute Gasteiger partial charge is 0.480 e. The van der Waals surface area contributed by atoms with Gasteiger partial charge in [0.05, 0.1) is 18.9 Å². The number of hydrogen-bond donors (Lipinski definition) is 2. The van der Waals surface area contributed by atoms with Gasteiger partial charge in [0, 0.05) is 25.2 Å². The summed E-state index contributed by atoms with van der Waals surface area (Å²) in [5.41, 5.74) is 6.33. The van der Waals surface area contributed by atoms with Crippen LogP contribution in [0.1, 0.15) is 16.8 Å². The maximum atomic E-state index is 12.7. The number of hydrogen-bond acceptors (Lipinski definition) is 6. The fourth-order valence-electron chi connectivity index (χ4n) is 2.80. The monoisotopic (exact) mass is 346 g/mol. The number of rotatable bonds is 4. The van der Waals surface area contributed by atoms with E-state index in [9.17, 15) is 14.4 Å². The Kier molecular flexibility index (Phi) is 4.51. The van der Waals surface area contributed by atoms with Crippen molar-refractivity contribution >= 4 is 5.97 Å². The summed E-state index contributed by atoms with van der Waals surface area (Å²) < 4.78 is 7.73. The van der Waals surface area contributed by atoms with Gasteiger partial charge < -0.3 is 15.6 Å². The van der Waals surface area contributed by atoms with Crippen LogP contribution >= 0.6 is 0 Å². The molecule has 0 unspecified atom stereocenters. The van der Waals surface area contributed by atoms with Crippen LogP contribution in [-0.2, 0) is 36.0 Å². The third-order valence-corrected chi connectivity index (χ3v) is 4.24. The highest BCUT2D eigenvalue weighted by atomic mass is 16.5. The van der Waals surface area contributed by atoms with Crippen molar-refractivity contribution in [3.8, 4) is 5.82 Å². The zero-order valence-electron chi connectivity index (χ0n) is 13.6. The van der Waals surface area contributed by atoms with Crippen LogP contribution in [0.25, 0.3) is 5.82 Å². The molecule has 3 N–H and O–H groups in total. The maximum Gasteiger partial charge on any atom is 0.336 e. The van der Waals surface area contributed by atoms with Crippen molar-refractivity contribution in [2.24, 2.45) is 12.8 Å². The number of aliphatic carboxylic acids is 1. The van der Waals surface area contributed by atoms with E-state index in [1.807, 2.05) is 0 Å². The molecule has 9 nitrogen and oxygen atoms in total. The summed E-state index contributed by atoms with van der Waals surface area (Å²) in [4.78, 5) is 40.2. The molecule has 3 heterocycles. The Bertz CT molecular complexity index is 929. The SMILES string of the molecule is Cn1c2c(c(=O)n(-c3ccc(C[C@H](N)C(=O)O)cn3)c1=O)CCOC2. The normalized spacial score (nSPS) is 14.8. The molecular formula is C16H18N4O5. The van der Waals surface area contributed by atoms with Gasteiger partial charge in [0.2, 0.25) is 0 Å². The molecule has 0 spiro atoms. The van der Waals surface area contributed by atoms with Crippen molar-refractivity contribution in [2.75, 3.05) is 6.61 Å². The molecule has 0 radical (unpaired) electrons. The Balaban J connectivity index is 2.03. The topological polar surface area (TPSA) is 129 Å². The van der Waals surface area contributed by atoms with E-state index >= 15 is 0 Å². The zero-order valence-corrected chi connectivity index (χ0v) is 13.6. The number of pyridine rings is 1. The van der Waals surface area contributed by atoms with E-state index in [0.717, 1.165) is 4.57 Å². The molecule has 9 heteroatoms. The van der Waals surface area contributed by atoms with Crippen molar-refractivity contribution in [3.63, 3.8) is 0 Å². The molecule has 132 valence electrons. The van der Waals surface area contributed by atoms with E-state index in [2.05, 4.69) is 4.98 Å². The third-order valence-electron chi connectivity index (χ3n) is 4.24. The van der Waals surface area contributed by atoms with Gasteiger partial charge in [-0.1, -0.05) is 6.07 Å². The Morgan fingerprint density at radius 1 is 1.44 bits per heavy atom. The van der Waals surface area contributed by atoms with Crippen molar-refractivity contribution in [1.82, 2.24) is 14.1 Å². The highest BCUT2D eigenvalue weighted by Gasteiger charge is 2.21. The first-order valence-electron chi connectivity index (χ1n) is 7.75. The zero-order chi connectivity index (χ0) is 18.1. The van der Waals surface area contributed by atoms with Gasteiger partial charge in [-0.15, -0.1) is 0 Å². The molecule has 0 bridgehead atoms. The second-order valence-corrected chi connectivity index (χ2v) is 5.88. The molecule has 0 saturated carbocycles. The van der Waals surface area contributed by atoms with Crippen molar-refractivity contribution in [1.29, 1.82) is 0 Å². The van der Waals surface area contributed by atoms with Gasteiger partial charge in [0.1, 0.15) is 11.9 Å². The smallest absolute Gasteiger partial charge is 0.336 e. The number of nitrogens with zero attached hydrogens (tertiary/aromatic N) is 3. The van der Waals surface area contributed by atoms with Crippen LogP contribution in [-0.4, -0.2) is 37.8 Å². The van der Waals surface area contributed by atoms with E-state index in [0.29, 0.717) is 29.8 Å². The van der Waals surface area contributed by atoms with Crippen LogP contribution in [0.4, 0.5) is 0 Å². The van der Waals surface area contributed by atoms with E-state index in [-0.39, 0.29) is 18.8 Å². The summed E-state index contributed by atoms with van der Waals surface area (Å²) in [5.74, 6) is -0.918. The molecule has 2 aromatic rings. The van der Waals surface area contributed by atoms with Crippen LogP contribution in [0.2, 0.25) is 0 Å². The van der Waals surface area contributed by atoms with Gasteiger partial charge in [0.25, 0.3) is 5.56 Å². The molecular weight excluding hydrogens is 328 g/mol. The molecule has 3 rings (SSSR count). The lowest BCUT2D eigenvalue weighted by molar-refractivity contribution is -0.138. The summed E-state index contributed by atoms with van der Waals surface area (Å²) in [6.45, 7) is 0.663. The number of carboxylic acid groups (broad SMARTS) is 1.